The van der Waals surface area contributed by atoms with Gasteiger partial charge in [0.05, 0.1) is 18.8 Å². The maximum Gasteiger partial charge on any atom is 0.238 e. The SMILES string of the molecule is CSc1ccccc1NC(=O)CN(C)CC(=O)N[C@@H](C)C1CC1. The standard InChI is InChI=1S/C17H25N3O2S/c1-12(13-8-9-13)18-16(21)10-20(2)11-17(22)19-14-6-4-5-7-15(14)23-3/h4-7,12-13H,8-11H2,1-3H3,(H,18,21)(H,19,22)/t12-/m0/s1. The van der Waals surface area contributed by atoms with E-state index in [9.17, 15) is 9.59 Å². The fourth-order valence-corrected chi connectivity index (χ4v) is 3.05. The van der Waals surface area contributed by atoms with Crippen molar-refractivity contribution >= 4 is 29.3 Å². The van der Waals surface area contributed by atoms with Crippen molar-refractivity contribution in [3.63, 3.8) is 0 Å². The van der Waals surface area contributed by atoms with E-state index in [-0.39, 0.29) is 30.9 Å². The molecule has 1 aliphatic rings. The lowest BCUT2D eigenvalue weighted by atomic mass is 10.2. The summed E-state index contributed by atoms with van der Waals surface area (Å²) in [6.07, 6.45) is 4.38. The van der Waals surface area contributed by atoms with E-state index in [1.807, 2.05) is 37.4 Å². The molecule has 0 aromatic heterocycles. The van der Waals surface area contributed by atoms with Gasteiger partial charge >= 0.3 is 0 Å². The number of para-hydroxylation sites is 1. The number of rotatable bonds is 8. The molecule has 0 radical (unpaired) electrons. The highest BCUT2D eigenvalue weighted by atomic mass is 32.2. The number of nitrogens with one attached hydrogen (secondary N) is 2. The van der Waals surface area contributed by atoms with Crippen LogP contribution in [0.2, 0.25) is 0 Å². The van der Waals surface area contributed by atoms with Crippen molar-refractivity contribution in [3.8, 4) is 0 Å². The monoisotopic (exact) mass is 335 g/mol. The van der Waals surface area contributed by atoms with E-state index in [2.05, 4.69) is 10.6 Å². The third-order valence-electron chi connectivity index (χ3n) is 3.93. The van der Waals surface area contributed by atoms with Crippen LogP contribution >= 0.6 is 11.8 Å². The van der Waals surface area contributed by atoms with Crippen LogP contribution < -0.4 is 10.6 Å². The van der Waals surface area contributed by atoms with Crippen molar-refractivity contribution < 1.29 is 9.59 Å². The van der Waals surface area contributed by atoms with Crippen molar-refractivity contribution in [1.29, 1.82) is 0 Å². The van der Waals surface area contributed by atoms with Crippen LogP contribution in [0.15, 0.2) is 29.2 Å². The number of carbonyl (C=O) groups excluding carboxylic acids is 2. The highest BCUT2D eigenvalue weighted by molar-refractivity contribution is 7.98. The van der Waals surface area contributed by atoms with Crippen LogP contribution in [-0.4, -0.2) is 49.1 Å². The first-order chi connectivity index (χ1) is 11.0. The predicted molar refractivity (Wildman–Crippen MR) is 94.7 cm³/mol. The first kappa shape index (κ1) is 17.8. The summed E-state index contributed by atoms with van der Waals surface area (Å²) in [5, 5.41) is 5.90. The molecule has 2 N–H and O–H groups in total. The van der Waals surface area contributed by atoms with Crippen molar-refractivity contribution in [2.45, 2.75) is 30.7 Å². The molecule has 0 unspecified atom stereocenters. The van der Waals surface area contributed by atoms with Gasteiger partial charge in [0.25, 0.3) is 0 Å². The van der Waals surface area contributed by atoms with Crippen LogP contribution in [0.3, 0.4) is 0 Å². The zero-order valence-electron chi connectivity index (χ0n) is 14.0. The van der Waals surface area contributed by atoms with Gasteiger partial charge in [0.2, 0.25) is 11.8 Å². The van der Waals surface area contributed by atoms with Crippen molar-refractivity contribution in [1.82, 2.24) is 10.2 Å². The van der Waals surface area contributed by atoms with E-state index in [1.165, 1.54) is 12.8 Å². The average Bonchev–Trinajstić information content (AvgIpc) is 3.31. The Bertz CT molecular complexity index is 561. The lowest BCUT2D eigenvalue weighted by molar-refractivity contribution is -0.123. The largest absolute Gasteiger partial charge is 0.352 e. The number of benzene rings is 1. The van der Waals surface area contributed by atoms with E-state index in [4.69, 9.17) is 0 Å². The topological polar surface area (TPSA) is 61.4 Å². The number of hydrogen-bond donors (Lipinski definition) is 2. The minimum absolute atomic E-state index is 0.0239. The summed E-state index contributed by atoms with van der Waals surface area (Å²) in [5.41, 5.74) is 0.810. The second-order valence-electron chi connectivity index (χ2n) is 6.11. The molecule has 2 rings (SSSR count). The van der Waals surface area contributed by atoms with Crippen LogP contribution in [0, 0.1) is 5.92 Å². The Kier molecular flexibility index (Phi) is 6.47. The smallest absolute Gasteiger partial charge is 0.238 e. The third kappa shape index (κ3) is 5.88. The number of anilines is 1. The number of nitrogens with zero attached hydrogens (tertiary/aromatic N) is 1. The lowest BCUT2D eigenvalue weighted by Gasteiger charge is -2.19. The summed E-state index contributed by atoms with van der Waals surface area (Å²) in [7, 11) is 1.78. The van der Waals surface area contributed by atoms with Gasteiger partial charge < -0.3 is 10.6 Å². The maximum atomic E-state index is 12.1. The molecular weight excluding hydrogens is 310 g/mol. The zero-order chi connectivity index (χ0) is 16.8. The molecule has 1 atom stereocenters. The fraction of sp³-hybridized carbons (Fsp3) is 0.529. The van der Waals surface area contributed by atoms with E-state index in [0.29, 0.717) is 5.92 Å². The van der Waals surface area contributed by atoms with Gasteiger partial charge in [-0.2, -0.15) is 0 Å². The van der Waals surface area contributed by atoms with Gasteiger partial charge in [-0.05, 0) is 51.1 Å². The molecule has 126 valence electrons. The van der Waals surface area contributed by atoms with Gasteiger partial charge in [-0.25, -0.2) is 0 Å². The lowest BCUT2D eigenvalue weighted by Crippen LogP contribution is -2.42. The predicted octanol–water partition coefficient (Wildman–Crippen LogP) is 2.19. The van der Waals surface area contributed by atoms with Gasteiger partial charge in [0.1, 0.15) is 0 Å². The van der Waals surface area contributed by atoms with Crippen molar-refractivity contribution in [2.75, 3.05) is 31.7 Å². The van der Waals surface area contributed by atoms with E-state index < -0.39 is 0 Å². The molecule has 0 heterocycles. The third-order valence-corrected chi connectivity index (χ3v) is 4.72. The number of likely N-dealkylation sites (N-methyl/N-ethyl adjacent to an activating group) is 1. The second kappa shape index (κ2) is 8.36. The van der Waals surface area contributed by atoms with Crippen molar-refractivity contribution in [2.24, 2.45) is 5.92 Å². The Morgan fingerprint density at radius 3 is 2.57 bits per heavy atom. The van der Waals surface area contributed by atoms with E-state index in [0.717, 1.165) is 10.6 Å². The molecule has 1 aromatic rings. The number of amides is 2. The average molecular weight is 335 g/mol. The van der Waals surface area contributed by atoms with Crippen molar-refractivity contribution in [3.05, 3.63) is 24.3 Å². The minimum atomic E-state index is -0.114. The van der Waals surface area contributed by atoms with Gasteiger partial charge in [-0.1, -0.05) is 12.1 Å². The zero-order valence-corrected chi connectivity index (χ0v) is 14.8. The minimum Gasteiger partial charge on any atom is -0.352 e. The van der Waals surface area contributed by atoms with Gasteiger partial charge in [0.15, 0.2) is 0 Å². The molecule has 1 fully saturated rings. The van der Waals surface area contributed by atoms with Crippen LogP contribution in [0.4, 0.5) is 5.69 Å². The first-order valence-corrected chi connectivity index (χ1v) is 9.13. The fourth-order valence-electron chi connectivity index (χ4n) is 2.50. The molecular formula is C17H25N3O2S. The molecule has 23 heavy (non-hydrogen) atoms. The Morgan fingerprint density at radius 2 is 1.91 bits per heavy atom. The van der Waals surface area contributed by atoms with Crippen LogP contribution in [0.1, 0.15) is 19.8 Å². The molecule has 0 saturated heterocycles. The summed E-state index contributed by atoms with van der Waals surface area (Å²) in [6.45, 7) is 2.46. The molecule has 1 saturated carbocycles. The van der Waals surface area contributed by atoms with Crippen LogP contribution in [0.5, 0.6) is 0 Å². The van der Waals surface area contributed by atoms with E-state index >= 15 is 0 Å². The van der Waals surface area contributed by atoms with Gasteiger partial charge in [-0.3, -0.25) is 14.5 Å². The van der Waals surface area contributed by atoms with Crippen LogP contribution in [0.25, 0.3) is 0 Å². The number of thioether (sulfide) groups is 1. The molecule has 0 spiro atoms. The molecule has 1 aromatic carbocycles. The summed E-state index contributed by atoms with van der Waals surface area (Å²) < 4.78 is 0. The molecule has 2 amide bonds. The summed E-state index contributed by atoms with van der Waals surface area (Å²) in [5.74, 6) is 0.497. The highest BCUT2D eigenvalue weighted by Crippen LogP contribution is 2.32. The summed E-state index contributed by atoms with van der Waals surface area (Å²) in [6, 6.07) is 7.92. The van der Waals surface area contributed by atoms with Gasteiger partial charge in [0, 0.05) is 10.9 Å². The second-order valence-corrected chi connectivity index (χ2v) is 6.96. The normalized spacial score (nSPS) is 15.3. The van der Waals surface area contributed by atoms with Crippen LogP contribution in [-0.2, 0) is 9.59 Å². The molecule has 6 heteroatoms. The summed E-state index contributed by atoms with van der Waals surface area (Å²) >= 11 is 1.59. The summed E-state index contributed by atoms with van der Waals surface area (Å²) in [4.78, 5) is 26.8. The van der Waals surface area contributed by atoms with E-state index in [1.54, 1.807) is 23.7 Å². The maximum absolute atomic E-state index is 12.1. The Balaban J connectivity index is 1.76. The first-order valence-electron chi connectivity index (χ1n) is 7.90. The Hall–Kier alpha value is -1.53. The molecule has 1 aliphatic carbocycles. The molecule has 0 bridgehead atoms. The number of hydrogen-bond acceptors (Lipinski definition) is 4. The number of carbonyl (C=O) groups is 2. The quantitative estimate of drug-likeness (QED) is 0.715. The molecule has 0 aliphatic heterocycles. The highest BCUT2D eigenvalue weighted by Gasteiger charge is 2.29. The van der Waals surface area contributed by atoms with Gasteiger partial charge in [-0.15, -0.1) is 11.8 Å². The Morgan fingerprint density at radius 1 is 1.26 bits per heavy atom. The molecule has 5 nitrogen and oxygen atoms in total. The Labute approximate surface area is 142 Å².